The summed E-state index contributed by atoms with van der Waals surface area (Å²) in [5.74, 6) is 1.57. The molecule has 98 valence electrons. The predicted octanol–water partition coefficient (Wildman–Crippen LogP) is 0.912. The number of aromatic hydroxyl groups is 1. The molecule has 1 N–H and O–H groups in total. The number of anilines is 1. The van der Waals surface area contributed by atoms with Crippen LogP contribution in [0.3, 0.4) is 0 Å². The molecule has 0 bridgehead atoms. The van der Waals surface area contributed by atoms with E-state index < -0.39 is 5.97 Å². The SMILES string of the molecule is CCOC(=O)c1cnc(N2CCSCC2)nc1O. The molecule has 2 rings (SSSR count). The lowest BCUT2D eigenvalue weighted by Crippen LogP contribution is -2.33. The molecule has 1 aromatic heterocycles. The van der Waals surface area contributed by atoms with Gasteiger partial charge in [0.15, 0.2) is 0 Å². The van der Waals surface area contributed by atoms with E-state index in [9.17, 15) is 9.90 Å². The van der Waals surface area contributed by atoms with Crippen molar-refractivity contribution in [3.63, 3.8) is 0 Å². The van der Waals surface area contributed by atoms with Crippen LogP contribution in [0.25, 0.3) is 0 Å². The average molecular weight is 269 g/mol. The molecule has 0 aliphatic carbocycles. The lowest BCUT2D eigenvalue weighted by Gasteiger charge is -2.26. The molecule has 2 heterocycles. The van der Waals surface area contributed by atoms with Crippen molar-refractivity contribution in [1.82, 2.24) is 9.97 Å². The van der Waals surface area contributed by atoms with Gasteiger partial charge in [-0.15, -0.1) is 0 Å². The maximum atomic E-state index is 11.5. The first-order chi connectivity index (χ1) is 8.72. The summed E-state index contributed by atoms with van der Waals surface area (Å²) in [6, 6.07) is 0. The normalized spacial score (nSPS) is 15.5. The maximum Gasteiger partial charge on any atom is 0.345 e. The van der Waals surface area contributed by atoms with Crippen LogP contribution in [0.5, 0.6) is 5.88 Å². The van der Waals surface area contributed by atoms with Gasteiger partial charge in [-0.25, -0.2) is 9.78 Å². The predicted molar refractivity (Wildman–Crippen MR) is 69.2 cm³/mol. The van der Waals surface area contributed by atoms with E-state index in [1.807, 2.05) is 16.7 Å². The van der Waals surface area contributed by atoms with Crippen LogP contribution in [0, 0.1) is 0 Å². The van der Waals surface area contributed by atoms with Crippen LogP contribution in [0.4, 0.5) is 5.95 Å². The van der Waals surface area contributed by atoms with Crippen molar-refractivity contribution in [3.05, 3.63) is 11.8 Å². The van der Waals surface area contributed by atoms with Crippen LogP contribution in [-0.4, -0.2) is 52.2 Å². The highest BCUT2D eigenvalue weighted by molar-refractivity contribution is 7.99. The third kappa shape index (κ3) is 2.84. The van der Waals surface area contributed by atoms with Gasteiger partial charge in [0.1, 0.15) is 5.56 Å². The largest absolute Gasteiger partial charge is 0.493 e. The smallest absolute Gasteiger partial charge is 0.345 e. The molecule has 0 aromatic carbocycles. The topological polar surface area (TPSA) is 75.5 Å². The van der Waals surface area contributed by atoms with Crippen LogP contribution in [0.1, 0.15) is 17.3 Å². The van der Waals surface area contributed by atoms with Crippen molar-refractivity contribution in [1.29, 1.82) is 0 Å². The fourth-order valence-corrected chi connectivity index (χ4v) is 2.54. The van der Waals surface area contributed by atoms with Gasteiger partial charge in [-0.1, -0.05) is 0 Å². The highest BCUT2D eigenvalue weighted by Gasteiger charge is 2.19. The molecule has 7 heteroatoms. The van der Waals surface area contributed by atoms with E-state index in [0.717, 1.165) is 24.6 Å². The third-order valence-electron chi connectivity index (χ3n) is 2.55. The van der Waals surface area contributed by atoms with Crippen LogP contribution in [0.2, 0.25) is 0 Å². The molecule has 0 atom stereocenters. The Kier molecular flexibility index (Phi) is 4.24. The summed E-state index contributed by atoms with van der Waals surface area (Å²) in [6.07, 6.45) is 1.32. The van der Waals surface area contributed by atoms with Gasteiger partial charge in [0.05, 0.1) is 12.8 Å². The van der Waals surface area contributed by atoms with Gasteiger partial charge in [0.25, 0.3) is 0 Å². The van der Waals surface area contributed by atoms with Crippen LogP contribution in [0.15, 0.2) is 6.20 Å². The molecular weight excluding hydrogens is 254 g/mol. The Morgan fingerprint density at radius 2 is 2.28 bits per heavy atom. The first-order valence-corrected chi connectivity index (χ1v) is 6.93. The molecule has 0 unspecified atom stereocenters. The van der Waals surface area contributed by atoms with Gasteiger partial charge in [-0.3, -0.25) is 0 Å². The summed E-state index contributed by atoms with van der Waals surface area (Å²) in [7, 11) is 0. The third-order valence-corrected chi connectivity index (χ3v) is 3.49. The molecule has 0 radical (unpaired) electrons. The molecule has 0 amide bonds. The number of rotatable bonds is 3. The minimum absolute atomic E-state index is 0.00647. The summed E-state index contributed by atoms with van der Waals surface area (Å²) in [5.41, 5.74) is 0.00647. The number of thioether (sulfide) groups is 1. The van der Waals surface area contributed by atoms with Crippen molar-refractivity contribution in [2.45, 2.75) is 6.92 Å². The Morgan fingerprint density at radius 1 is 1.56 bits per heavy atom. The molecule has 18 heavy (non-hydrogen) atoms. The Morgan fingerprint density at radius 3 is 2.89 bits per heavy atom. The molecule has 1 aliphatic heterocycles. The van der Waals surface area contributed by atoms with Gasteiger partial charge in [-0.05, 0) is 6.92 Å². The van der Waals surface area contributed by atoms with E-state index >= 15 is 0 Å². The average Bonchev–Trinajstić information content (AvgIpc) is 2.40. The van der Waals surface area contributed by atoms with E-state index in [1.165, 1.54) is 6.20 Å². The van der Waals surface area contributed by atoms with Crippen molar-refractivity contribution >= 4 is 23.7 Å². The van der Waals surface area contributed by atoms with E-state index in [-0.39, 0.29) is 18.1 Å². The molecule has 0 spiro atoms. The van der Waals surface area contributed by atoms with E-state index in [4.69, 9.17) is 4.74 Å². The first kappa shape index (κ1) is 12.9. The quantitative estimate of drug-likeness (QED) is 0.817. The molecule has 6 nitrogen and oxygen atoms in total. The van der Waals surface area contributed by atoms with Crippen LogP contribution >= 0.6 is 11.8 Å². The minimum Gasteiger partial charge on any atom is -0.493 e. The Bertz CT molecular complexity index is 436. The van der Waals surface area contributed by atoms with Gasteiger partial charge in [0, 0.05) is 24.6 Å². The van der Waals surface area contributed by atoms with Crippen LogP contribution < -0.4 is 4.90 Å². The molecule has 1 saturated heterocycles. The summed E-state index contributed by atoms with van der Waals surface area (Å²) in [4.78, 5) is 21.5. The van der Waals surface area contributed by atoms with Crippen molar-refractivity contribution in [3.8, 4) is 5.88 Å². The molecule has 0 saturated carbocycles. The monoisotopic (exact) mass is 269 g/mol. The number of carbonyl (C=O) groups is 1. The lowest BCUT2D eigenvalue weighted by molar-refractivity contribution is 0.0521. The fourth-order valence-electron chi connectivity index (χ4n) is 1.63. The first-order valence-electron chi connectivity index (χ1n) is 5.78. The van der Waals surface area contributed by atoms with Crippen molar-refractivity contribution in [2.24, 2.45) is 0 Å². The number of aromatic nitrogens is 2. The summed E-state index contributed by atoms with van der Waals surface area (Å²) >= 11 is 1.88. The second-order valence-corrected chi connectivity index (χ2v) is 4.95. The Labute approximate surface area is 109 Å². The molecule has 1 fully saturated rings. The van der Waals surface area contributed by atoms with Gasteiger partial charge in [0.2, 0.25) is 11.8 Å². The zero-order chi connectivity index (χ0) is 13.0. The Balaban J connectivity index is 2.16. The fraction of sp³-hybridized carbons (Fsp3) is 0.545. The van der Waals surface area contributed by atoms with E-state index in [1.54, 1.807) is 6.92 Å². The number of esters is 1. The highest BCUT2D eigenvalue weighted by atomic mass is 32.2. The molecular formula is C11H15N3O3S. The second-order valence-electron chi connectivity index (χ2n) is 3.73. The zero-order valence-corrected chi connectivity index (χ0v) is 10.9. The second kappa shape index (κ2) is 5.90. The summed E-state index contributed by atoms with van der Waals surface area (Å²) in [5, 5.41) is 9.74. The number of hydrogen-bond acceptors (Lipinski definition) is 7. The van der Waals surface area contributed by atoms with Crippen molar-refractivity contribution < 1.29 is 14.6 Å². The maximum absolute atomic E-state index is 11.5. The van der Waals surface area contributed by atoms with Crippen LogP contribution in [-0.2, 0) is 4.74 Å². The number of ether oxygens (including phenoxy) is 1. The van der Waals surface area contributed by atoms with Gasteiger partial charge < -0.3 is 14.7 Å². The molecule has 1 aliphatic rings. The number of hydrogen-bond donors (Lipinski definition) is 1. The molecule has 1 aromatic rings. The van der Waals surface area contributed by atoms with E-state index in [2.05, 4.69) is 9.97 Å². The minimum atomic E-state index is -0.601. The highest BCUT2D eigenvalue weighted by Crippen LogP contribution is 2.20. The summed E-state index contributed by atoms with van der Waals surface area (Å²) < 4.78 is 4.80. The van der Waals surface area contributed by atoms with E-state index in [0.29, 0.717) is 5.95 Å². The Hall–Kier alpha value is -1.50. The van der Waals surface area contributed by atoms with Gasteiger partial charge >= 0.3 is 5.97 Å². The van der Waals surface area contributed by atoms with Crippen molar-refractivity contribution in [2.75, 3.05) is 36.1 Å². The number of nitrogens with zero attached hydrogens (tertiary/aromatic N) is 3. The summed E-state index contributed by atoms with van der Waals surface area (Å²) in [6.45, 7) is 3.66. The lowest BCUT2D eigenvalue weighted by atomic mass is 10.3. The van der Waals surface area contributed by atoms with Gasteiger partial charge in [-0.2, -0.15) is 16.7 Å². The standard InChI is InChI=1S/C11H15N3O3S/c1-2-17-10(16)8-7-12-11(13-9(8)15)14-3-5-18-6-4-14/h7H,2-6H2,1H3,(H,12,13,15). The number of carbonyl (C=O) groups excluding carboxylic acids is 1. The zero-order valence-electron chi connectivity index (χ0n) is 10.1.